The van der Waals surface area contributed by atoms with Crippen molar-refractivity contribution in [2.45, 2.75) is 86.4 Å². The minimum atomic E-state index is -1.38. The zero-order valence-electron chi connectivity index (χ0n) is 23.3. The molecule has 6 rings (SSSR count). The highest BCUT2D eigenvalue weighted by molar-refractivity contribution is 8.00. The first-order valence-electron chi connectivity index (χ1n) is 14.5. The van der Waals surface area contributed by atoms with Crippen LogP contribution >= 0.6 is 11.8 Å². The highest BCUT2D eigenvalue weighted by Crippen LogP contribution is 2.35. The van der Waals surface area contributed by atoms with Crippen molar-refractivity contribution in [2.75, 3.05) is 18.9 Å². The molecule has 43 heavy (non-hydrogen) atoms. The van der Waals surface area contributed by atoms with Gasteiger partial charge in [-0.2, -0.15) is 11.8 Å². The summed E-state index contributed by atoms with van der Waals surface area (Å²) in [6, 6.07) is 7.44. The Hall–Kier alpha value is -3.01. The summed E-state index contributed by atoms with van der Waals surface area (Å²) in [6.45, 7) is 0.00985. The monoisotopic (exact) mass is 617 g/mol. The first-order chi connectivity index (χ1) is 20.8. The number of aliphatic hydroxyl groups is 2. The third-order valence-electron chi connectivity index (χ3n) is 8.45. The maximum atomic E-state index is 12.3. The van der Waals surface area contributed by atoms with E-state index in [1.807, 2.05) is 11.8 Å². The van der Waals surface area contributed by atoms with Gasteiger partial charge in [0.15, 0.2) is 6.29 Å². The number of fused-ring (bicyclic) bond motifs is 2. The molecule has 9 atom stereocenters. The number of benzene rings is 1. The van der Waals surface area contributed by atoms with Crippen molar-refractivity contribution in [1.82, 2.24) is 15.5 Å². The fourth-order valence-electron chi connectivity index (χ4n) is 6.06. The fourth-order valence-corrected chi connectivity index (χ4v) is 7.61. The summed E-state index contributed by atoms with van der Waals surface area (Å²) < 4.78 is 23.1. The minimum Gasteiger partial charge on any atom is -0.461 e. The molecule has 4 N–H and O–H groups in total. The van der Waals surface area contributed by atoms with Crippen molar-refractivity contribution in [2.24, 2.45) is 0 Å². The van der Waals surface area contributed by atoms with Crippen LogP contribution in [0.1, 0.15) is 43.1 Å². The molecule has 0 aliphatic carbocycles. The van der Waals surface area contributed by atoms with Gasteiger partial charge in [-0.25, -0.2) is 4.79 Å². The van der Waals surface area contributed by atoms with Gasteiger partial charge in [-0.1, -0.05) is 30.7 Å². The number of carbonyl (C=O) groups excluding carboxylic acids is 4. The molecule has 0 saturated carbocycles. The number of hydrogen-bond acceptors (Lipinski definition) is 11. The normalized spacial score (nSPS) is 35.0. The van der Waals surface area contributed by atoms with E-state index in [2.05, 4.69) is 10.6 Å². The summed E-state index contributed by atoms with van der Waals surface area (Å²) in [5.41, 5.74) is 1.47. The number of aliphatic hydroxyl groups excluding tert-OH is 2. The first kappa shape index (κ1) is 30.0. The highest BCUT2D eigenvalue weighted by atomic mass is 32.2. The number of hydrogen-bond donors (Lipinski definition) is 4. The third kappa shape index (κ3) is 6.59. The van der Waals surface area contributed by atoms with E-state index >= 15 is 0 Å². The molecule has 4 saturated heterocycles. The van der Waals surface area contributed by atoms with Gasteiger partial charge in [0.1, 0.15) is 37.1 Å². The Labute approximate surface area is 252 Å². The lowest BCUT2D eigenvalue weighted by atomic mass is 9.93. The van der Waals surface area contributed by atoms with Crippen LogP contribution in [0, 0.1) is 0 Å². The molecular weight excluding hydrogens is 582 g/mol. The van der Waals surface area contributed by atoms with Crippen LogP contribution in [0.5, 0.6) is 0 Å². The average molecular weight is 618 g/mol. The summed E-state index contributed by atoms with van der Waals surface area (Å²) >= 11 is 1.86. The number of rotatable bonds is 10. The number of unbranched alkanes of at least 4 members (excludes halogenated alkanes) is 1. The van der Waals surface area contributed by atoms with Crippen LogP contribution in [0.25, 0.3) is 0 Å². The largest absolute Gasteiger partial charge is 0.461 e. The van der Waals surface area contributed by atoms with Gasteiger partial charge < -0.3 is 39.8 Å². The van der Waals surface area contributed by atoms with Crippen molar-refractivity contribution in [3.63, 3.8) is 0 Å². The van der Waals surface area contributed by atoms with E-state index in [0.717, 1.165) is 47.6 Å². The minimum absolute atomic E-state index is 0.0708. The second kappa shape index (κ2) is 12.9. The Morgan fingerprint density at radius 3 is 2.56 bits per heavy atom. The van der Waals surface area contributed by atoms with Crippen molar-refractivity contribution >= 4 is 35.6 Å². The molecule has 2 unspecified atom stereocenters. The smallest absolute Gasteiger partial charge is 0.315 e. The predicted molar refractivity (Wildman–Crippen MR) is 150 cm³/mol. The van der Waals surface area contributed by atoms with E-state index in [1.54, 1.807) is 24.3 Å². The number of carbonyl (C=O) groups is 4. The number of urea groups is 1. The molecule has 13 nitrogen and oxygen atoms in total. The Morgan fingerprint density at radius 2 is 1.79 bits per heavy atom. The van der Waals surface area contributed by atoms with Crippen molar-refractivity contribution in [1.29, 1.82) is 0 Å². The summed E-state index contributed by atoms with van der Waals surface area (Å²) in [4.78, 5) is 48.5. The molecule has 0 spiro atoms. The molecule has 1 aromatic carbocycles. The number of esters is 1. The van der Waals surface area contributed by atoms with Crippen molar-refractivity contribution in [3.8, 4) is 0 Å². The maximum Gasteiger partial charge on any atom is 0.315 e. The molecule has 5 heterocycles. The second-order valence-electron chi connectivity index (χ2n) is 11.4. The summed E-state index contributed by atoms with van der Waals surface area (Å²) in [7, 11) is 0. The van der Waals surface area contributed by atoms with E-state index in [-0.39, 0.29) is 43.8 Å². The predicted octanol–water partition coefficient (Wildman–Crippen LogP) is 0.284. The zero-order valence-corrected chi connectivity index (χ0v) is 24.1. The van der Waals surface area contributed by atoms with Crippen LogP contribution < -0.4 is 10.6 Å². The molecule has 232 valence electrons. The molecule has 5 aliphatic heterocycles. The Kier molecular flexibility index (Phi) is 9.03. The number of ether oxygens (including phenoxy) is 4. The maximum absolute atomic E-state index is 12.3. The van der Waals surface area contributed by atoms with Crippen LogP contribution in [0.4, 0.5) is 4.79 Å². The number of nitrogens with one attached hydrogen (secondary N) is 2. The quantitative estimate of drug-likeness (QED) is 0.123. The molecule has 0 radical (unpaired) electrons. The average Bonchev–Trinajstić information content (AvgIpc) is 3.66. The van der Waals surface area contributed by atoms with E-state index in [1.165, 1.54) is 0 Å². The SMILES string of the molecule is O=C1N[C@H]2[C@H](CS[C@H]2CCCCC(=O)OCc2ccc(C3OC[C@H]4O[C@@H](CN5C(=O)C=CC5=O)[C@H](O)[C@@H](O)C4O3)cc2)N1. The molecule has 14 heteroatoms. The molecule has 1 aromatic rings. The Bertz CT molecular complexity index is 1240. The lowest BCUT2D eigenvalue weighted by Gasteiger charge is -2.47. The van der Waals surface area contributed by atoms with E-state index in [4.69, 9.17) is 18.9 Å². The highest BCUT2D eigenvalue weighted by Gasteiger charge is 2.50. The van der Waals surface area contributed by atoms with E-state index < -0.39 is 48.6 Å². The van der Waals surface area contributed by atoms with Gasteiger partial charge in [0.2, 0.25) is 0 Å². The number of thioether (sulfide) groups is 1. The van der Waals surface area contributed by atoms with Gasteiger partial charge in [-0.05, 0) is 18.4 Å². The molecule has 5 aliphatic rings. The lowest BCUT2D eigenvalue weighted by Crippen LogP contribution is -2.63. The van der Waals surface area contributed by atoms with Gasteiger partial charge >= 0.3 is 12.0 Å². The summed E-state index contributed by atoms with van der Waals surface area (Å²) in [5, 5.41) is 27.7. The van der Waals surface area contributed by atoms with Gasteiger partial charge in [-0.3, -0.25) is 19.3 Å². The van der Waals surface area contributed by atoms with E-state index in [9.17, 15) is 29.4 Å². The molecule has 0 bridgehead atoms. The molecule has 4 amide bonds. The van der Waals surface area contributed by atoms with Crippen molar-refractivity contribution in [3.05, 3.63) is 47.5 Å². The number of imide groups is 1. The van der Waals surface area contributed by atoms with Crippen LogP contribution in [0.3, 0.4) is 0 Å². The lowest BCUT2D eigenvalue weighted by molar-refractivity contribution is -0.328. The van der Waals surface area contributed by atoms with Crippen LogP contribution in [-0.4, -0.2) is 106 Å². The molecular formula is C29H35N3O10S. The fraction of sp³-hybridized carbons (Fsp3) is 0.586. The second-order valence-corrected chi connectivity index (χ2v) is 12.6. The van der Waals surface area contributed by atoms with Gasteiger partial charge in [0.05, 0.1) is 25.2 Å². The van der Waals surface area contributed by atoms with Crippen molar-refractivity contribution < 1.29 is 48.3 Å². The van der Waals surface area contributed by atoms with Gasteiger partial charge in [-0.15, -0.1) is 0 Å². The number of nitrogens with zero attached hydrogens (tertiary/aromatic N) is 1. The zero-order chi connectivity index (χ0) is 30.1. The van der Waals surface area contributed by atoms with Crippen LogP contribution in [0.2, 0.25) is 0 Å². The topological polar surface area (TPSA) is 173 Å². The third-order valence-corrected chi connectivity index (χ3v) is 9.96. The van der Waals surface area contributed by atoms with Crippen LogP contribution in [0.15, 0.2) is 36.4 Å². The molecule has 0 aromatic heterocycles. The number of amides is 4. The Morgan fingerprint density at radius 1 is 1.02 bits per heavy atom. The first-order valence-corrected chi connectivity index (χ1v) is 15.6. The van der Waals surface area contributed by atoms with Gasteiger partial charge in [0.25, 0.3) is 11.8 Å². The van der Waals surface area contributed by atoms with Crippen LogP contribution in [-0.2, 0) is 39.9 Å². The van der Waals surface area contributed by atoms with E-state index in [0.29, 0.717) is 17.2 Å². The summed E-state index contributed by atoms with van der Waals surface area (Å²) in [6.07, 6.45) is -0.890. The van der Waals surface area contributed by atoms with Gasteiger partial charge in [0, 0.05) is 35.1 Å². The summed E-state index contributed by atoms with van der Waals surface area (Å²) in [5.74, 6) is -0.349. The molecule has 4 fully saturated rings. The Balaban J connectivity index is 0.920. The standard InChI is InChI=1S/C29H35N3O10S/c33-21-9-10-22(34)32(21)11-18-25(36)26(37)27-19(41-18)13-40-28(42-27)16-7-5-15(6-8-16)12-39-23(35)4-2-1-3-20-24-17(14-43-20)30-29(38)31-24/h5-10,17-20,24-28,36-37H,1-4,11-14H2,(H2,30,31,38)/t17-,18-,19+,20-,24-,25-,26+,27?,28?/m0/s1.